The number of anilines is 1. The van der Waals surface area contributed by atoms with Crippen LogP contribution in [0.15, 0.2) is 58.7 Å². The second-order valence-corrected chi connectivity index (χ2v) is 11.4. The summed E-state index contributed by atoms with van der Waals surface area (Å²) in [6.45, 7) is 9.96. The van der Waals surface area contributed by atoms with Crippen molar-refractivity contribution in [2.45, 2.75) is 34.1 Å². The Morgan fingerprint density at radius 2 is 1.73 bits per heavy atom. The summed E-state index contributed by atoms with van der Waals surface area (Å²) >= 11 is 1.35. The lowest BCUT2D eigenvalue weighted by atomic mass is 10.1. The van der Waals surface area contributed by atoms with Crippen LogP contribution in [-0.4, -0.2) is 56.2 Å². The molecule has 0 radical (unpaired) electrons. The van der Waals surface area contributed by atoms with Gasteiger partial charge in [0.15, 0.2) is 4.96 Å². The largest absolute Gasteiger partial charge is 0.366 e. The summed E-state index contributed by atoms with van der Waals surface area (Å²) in [6.07, 6.45) is 0.0831. The maximum Gasteiger partial charge on any atom is 0.268 e. The predicted molar refractivity (Wildman–Crippen MR) is 160 cm³/mol. The van der Waals surface area contributed by atoms with Crippen molar-refractivity contribution in [3.63, 3.8) is 0 Å². The zero-order valence-electron chi connectivity index (χ0n) is 23.5. The molecule has 210 valence electrons. The number of aromatic nitrogens is 4. The minimum absolute atomic E-state index is 0.0677. The molecule has 6 rings (SSSR count). The van der Waals surface area contributed by atoms with Crippen molar-refractivity contribution in [1.82, 2.24) is 24.1 Å². The van der Waals surface area contributed by atoms with Gasteiger partial charge in [0.1, 0.15) is 11.5 Å². The van der Waals surface area contributed by atoms with E-state index in [1.165, 1.54) is 23.0 Å². The van der Waals surface area contributed by atoms with E-state index in [0.717, 1.165) is 16.9 Å². The first-order chi connectivity index (χ1) is 19.7. The van der Waals surface area contributed by atoms with Crippen molar-refractivity contribution in [2.24, 2.45) is 0 Å². The van der Waals surface area contributed by atoms with Crippen LogP contribution in [0.5, 0.6) is 0 Å². The van der Waals surface area contributed by atoms with Crippen molar-refractivity contribution in [3.8, 4) is 16.9 Å². The van der Waals surface area contributed by atoms with Crippen molar-refractivity contribution >= 4 is 27.9 Å². The molecule has 10 heteroatoms. The molecule has 1 aliphatic rings. The summed E-state index contributed by atoms with van der Waals surface area (Å²) in [6, 6.07) is 14.8. The Kier molecular flexibility index (Phi) is 6.94. The van der Waals surface area contributed by atoms with Gasteiger partial charge >= 0.3 is 0 Å². The fourth-order valence-corrected chi connectivity index (χ4v) is 6.50. The molecule has 1 amide bonds. The molecule has 4 heterocycles. The minimum Gasteiger partial charge on any atom is -0.366 e. The lowest BCUT2D eigenvalue weighted by molar-refractivity contribution is -0.130. The highest BCUT2D eigenvalue weighted by Gasteiger charge is 2.25. The van der Waals surface area contributed by atoms with Gasteiger partial charge in [-0.2, -0.15) is 5.10 Å². The molecule has 5 aromatic rings. The maximum atomic E-state index is 14.2. The second kappa shape index (κ2) is 10.6. The van der Waals surface area contributed by atoms with E-state index < -0.39 is 0 Å². The molecule has 0 atom stereocenters. The van der Waals surface area contributed by atoms with E-state index in [1.807, 2.05) is 60.0 Å². The summed E-state index contributed by atoms with van der Waals surface area (Å²) in [4.78, 5) is 36.2. The number of benzene rings is 2. The van der Waals surface area contributed by atoms with Crippen LogP contribution in [0.25, 0.3) is 21.9 Å². The topological polar surface area (TPSA) is 75.7 Å². The van der Waals surface area contributed by atoms with Crippen LogP contribution in [0, 0.1) is 33.5 Å². The molecule has 0 N–H and O–H groups in total. The summed E-state index contributed by atoms with van der Waals surface area (Å²) < 4.78 is 17.6. The molecule has 8 nitrogen and oxygen atoms in total. The van der Waals surface area contributed by atoms with Crippen LogP contribution in [0.3, 0.4) is 0 Å². The molecule has 0 aliphatic carbocycles. The van der Waals surface area contributed by atoms with Gasteiger partial charge in [-0.3, -0.25) is 14.0 Å². The van der Waals surface area contributed by atoms with Gasteiger partial charge in [-0.15, -0.1) is 11.3 Å². The van der Waals surface area contributed by atoms with Crippen LogP contribution < -0.4 is 10.5 Å². The highest BCUT2D eigenvalue weighted by atomic mass is 32.1. The Hall–Kier alpha value is -4.31. The number of rotatable bonds is 5. The molecule has 0 unspecified atom stereocenters. The van der Waals surface area contributed by atoms with Gasteiger partial charge in [-0.25, -0.2) is 14.1 Å². The van der Waals surface area contributed by atoms with Crippen LogP contribution in [0.4, 0.5) is 10.1 Å². The fraction of sp³-hybridized carbons (Fsp3) is 0.290. The van der Waals surface area contributed by atoms with Gasteiger partial charge in [0, 0.05) is 42.9 Å². The number of carbonyl (C=O) groups excluding carboxylic acids is 1. The van der Waals surface area contributed by atoms with E-state index in [9.17, 15) is 14.0 Å². The Labute approximate surface area is 241 Å². The van der Waals surface area contributed by atoms with Crippen molar-refractivity contribution in [3.05, 3.63) is 98.3 Å². The molecule has 1 saturated heterocycles. The number of halogens is 1. The number of thiazole rings is 1. The monoisotopic (exact) mass is 570 g/mol. The minimum atomic E-state index is -0.260. The summed E-state index contributed by atoms with van der Waals surface area (Å²) in [5.74, 6) is -0.328. The molecular weight excluding hydrogens is 539 g/mol. The second-order valence-electron chi connectivity index (χ2n) is 10.6. The first-order valence-corrected chi connectivity index (χ1v) is 14.5. The quantitative estimate of drug-likeness (QED) is 0.301. The van der Waals surface area contributed by atoms with Crippen molar-refractivity contribution < 1.29 is 9.18 Å². The molecule has 1 fully saturated rings. The van der Waals surface area contributed by atoms with Gasteiger partial charge in [-0.05, 0) is 57.5 Å². The lowest BCUT2D eigenvalue weighted by Crippen LogP contribution is -2.49. The van der Waals surface area contributed by atoms with Gasteiger partial charge in [0.05, 0.1) is 29.1 Å². The molecule has 2 aromatic carbocycles. The Morgan fingerprint density at radius 3 is 2.46 bits per heavy atom. The normalized spacial score (nSPS) is 13.8. The first-order valence-electron chi connectivity index (χ1n) is 13.6. The van der Waals surface area contributed by atoms with E-state index in [0.29, 0.717) is 59.5 Å². The van der Waals surface area contributed by atoms with Crippen LogP contribution in [0.1, 0.15) is 28.2 Å². The zero-order chi connectivity index (χ0) is 28.8. The van der Waals surface area contributed by atoms with E-state index in [-0.39, 0.29) is 23.7 Å². The van der Waals surface area contributed by atoms with Crippen LogP contribution >= 0.6 is 11.3 Å². The van der Waals surface area contributed by atoms with Gasteiger partial charge in [-0.1, -0.05) is 29.8 Å². The Balaban J connectivity index is 1.27. The Bertz CT molecular complexity index is 1850. The van der Waals surface area contributed by atoms with E-state index in [4.69, 9.17) is 10.1 Å². The average molecular weight is 571 g/mol. The number of carbonyl (C=O) groups is 1. The fourth-order valence-electron chi connectivity index (χ4n) is 5.58. The summed E-state index contributed by atoms with van der Waals surface area (Å²) in [5.41, 5.74) is 6.66. The highest BCUT2D eigenvalue weighted by Crippen LogP contribution is 2.25. The molecule has 0 saturated carbocycles. The molecule has 3 aromatic heterocycles. The number of hydrogen-bond acceptors (Lipinski definition) is 6. The van der Waals surface area contributed by atoms with Crippen LogP contribution in [0.2, 0.25) is 0 Å². The summed E-state index contributed by atoms with van der Waals surface area (Å²) in [7, 11) is 0. The van der Waals surface area contributed by atoms with Gasteiger partial charge in [0.25, 0.3) is 5.56 Å². The van der Waals surface area contributed by atoms with Gasteiger partial charge in [0.2, 0.25) is 5.91 Å². The molecule has 41 heavy (non-hydrogen) atoms. The number of hydrogen-bond donors (Lipinski definition) is 0. The molecular formula is C31H31FN6O2S. The number of amides is 1. The van der Waals surface area contributed by atoms with Crippen LogP contribution in [-0.2, 0) is 11.2 Å². The van der Waals surface area contributed by atoms with Crippen molar-refractivity contribution in [1.29, 1.82) is 0 Å². The summed E-state index contributed by atoms with van der Waals surface area (Å²) in [5, 5.41) is 6.65. The number of aryl methyl sites for hydroxylation is 4. The third-order valence-corrected chi connectivity index (χ3v) is 8.58. The Morgan fingerprint density at radius 1 is 0.976 bits per heavy atom. The number of fused-ring (bicyclic) bond motifs is 1. The lowest BCUT2D eigenvalue weighted by Gasteiger charge is -2.36. The maximum absolute atomic E-state index is 14.2. The highest BCUT2D eigenvalue weighted by molar-refractivity contribution is 7.15. The third kappa shape index (κ3) is 4.93. The SMILES string of the molecule is Cc1ccc(-n2nc(-c3c(C)nc4scc(CC(=O)N5CCN(c6ccccc6F)CC5)n4c3=O)cc2C)c(C)c1. The molecule has 0 bridgehead atoms. The van der Waals surface area contributed by atoms with Crippen molar-refractivity contribution in [2.75, 3.05) is 31.1 Å². The number of para-hydroxylation sites is 1. The van der Waals surface area contributed by atoms with Gasteiger partial charge < -0.3 is 9.80 Å². The molecule has 0 spiro atoms. The zero-order valence-corrected chi connectivity index (χ0v) is 24.3. The predicted octanol–water partition coefficient (Wildman–Crippen LogP) is 4.87. The number of piperazine rings is 1. The van der Waals surface area contributed by atoms with E-state index in [1.54, 1.807) is 21.4 Å². The average Bonchev–Trinajstić information content (AvgIpc) is 3.52. The smallest absolute Gasteiger partial charge is 0.268 e. The van der Waals surface area contributed by atoms with E-state index >= 15 is 0 Å². The first kappa shape index (κ1) is 26.9. The molecule has 1 aliphatic heterocycles. The third-order valence-electron chi connectivity index (χ3n) is 7.70. The standard InChI is InChI=1S/C31H31FN6O2S/c1-19-9-10-26(20(2)15-19)38-21(3)16-25(34-38)29-22(4)33-31-37(30(29)40)23(18-41-31)17-28(39)36-13-11-35(12-14-36)27-8-6-5-7-24(27)32/h5-10,15-16,18H,11-14,17H2,1-4H3. The number of nitrogens with zero attached hydrogens (tertiary/aromatic N) is 6. The van der Waals surface area contributed by atoms with E-state index in [2.05, 4.69) is 13.0 Å².